The van der Waals surface area contributed by atoms with Crippen LogP contribution in [-0.2, 0) is 7.05 Å². The number of carboxylic acids is 1. The maximum absolute atomic E-state index is 10.5. The Hall–Kier alpha value is -2.24. The molecule has 0 unspecified atom stereocenters. The second-order valence-electron chi connectivity index (χ2n) is 2.99. The van der Waals surface area contributed by atoms with Crippen LogP contribution in [0.15, 0.2) is 24.9 Å². The average Bonchev–Trinajstić information content (AvgIpc) is 2.65. The van der Waals surface area contributed by atoms with Gasteiger partial charge in [-0.3, -0.25) is 0 Å². The van der Waals surface area contributed by atoms with Crippen molar-refractivity contribution in [3.8, 4) is 11.3 Å². The molecule has 0 radical (unpaired) electrons. The summed E-state index contributed by atoms with van der Waals surface area (Å²) in [5.41, 5.74) is 1.58. The predicted molar refractivity (Wildman–Crippen MR) is 51.2 cm³/mol. The third-order valence-electron chi connectivity index (χ3n) is 1.96. The van der Waals surface area contributed by atoms with Gasteiger partial charge in [0.25, 0.3) is 0 Å². The first-order valence-corrected chi connectivity index (χ1v) is 4.20. The first kappa shape index (κ1) is 9.32. The number of rotatable bonds is 2. The van der Waals surface area contributed by atoms with E-state index in [-0.39, 0.29) is 5.82 Å². The molecule has 2 rings (SSSR count). The molecule has 0 aliphatic heterocycles. The van der Waals surface area contributed by atoms with E-state index in [2.05, 4.69) is 15.0 Å². The molecule has 0 saturated heterocycles. The van der Waals surface area contributed by atoms with Crippen LogP contribution < -0.4 is 0 Å². The van der Waals surface area contributed by atoms with Crippen LogP contribution in [0.3, 0.4) is 0 Å². The smallest absolute Gasteiger partial charge is 0.373 e. The average molecular weight is 204 g/mol. The lowest BCUT2D eigenvalue weighted by Crippen LogP contribution is -2.03. The number of aryl methyl sites for hydroxylation is 1. The number of aromatic carboxylic acids is 1. The van der Waals surface area contributed by atoms with Crippen molar-refractivity contribution >= 4 is 5.97 Å². The standard InChI is InChI=1S/C9H8N4O2/c1-13-5-10-4-7(13)6-2-11-8(9(14)15)12-3-6/h2-5H,1H3,(H,14,15). The maximum Gasteiger partial charge on any atom is 0.373 e. The lowest BCUT2D eigenvalue weighted by Gasteiger charge is -2.00. The Morgan fingerprint density at radius 1 is 1.33 bits per heavy atom. The van der Waals surface area contributed by atoms with Crippen LogP contribution in [0.2, 0.25) is 0 Å². The molecule has 6 nitrogen and oxygen atoms in total. The fourth-order valence-electron chi connectivity index (χ4n) is 1.21. The molecule has 0 amide bonds. The maximum atomic E-state index is 10.5. The summed E-state index contributed by atoms with van der Waals surface area (Å²) in [4.78, 5) is 21.9. The van der Waals surface area contributed by atoms with Gasteiger partial charge in [-0.15, -0.1) is 0 Å². The SMILES string of the molecule is Cn1cncc1-c1cnc(C(=O)O)nc1. The van der Waals surface area contributed by atoms with Crippen LogP contribution in [0.5, 0.6) is 0 Å². The van der Waals surface area contributed by atoms with Crippen LogP contribution in [0.25, 0.3) is 11.3 Å². The van der Waals surface area contributed by atoms with E-state index in [1.54, 1.807) is 17.1 Å². The third kappa shape index (κ3) is 1.69. The molecular formula is C9H8N4O2. The number of hydrogen-bond acceptors (Lipinski definition) is 4. The van der Waals surface area contributed by atoms with Gasteiger partial charge in [-0.2, -0.15) is 0 Å². The molecule has 0 spiro atoms. The summed E-state index contributed by atoms with van der Waals surface area (Å²) in [6.45, 7) is 0. The normalized spacial score (nSPS) is 10.2. The fourth-order valence-corrected chi connectivity index (χ4v) is 1.21. The molecule has 1 N–H and O–H groups in total. The second-order valence-corrected chi connectivity index (χ2v) is 2.99. The van der Waals surface area contributed by atoms with E-state index >= 15 is 0 Å². The molecule has 0 aliphatic rings. The molecule has 0 aromatic carbocycles. The lowest BCUT2D eigenvalue weighted by molar-refractivity contribution is 0.0683. The van der Waals surface area contributed by atoms with Gasteiger partial charge in [-0.05, 0) is 0 Å². The summed E-state index contributed by atoms with van der Waals surface area (Å²) < 4.78 is 1.80. The van der Waals surface area contributed by atoms with Crippen LogP contribution in [-0.4, -0.2) is 30.6 Å². The first-order valence-electron chi connectivity index (χ1n) is 4.20. The molecule has 0 aliphatic carbocycles. The number of hydrogen-bond donors (Lipinski definition) is 1. The van der Waals surface area contributed by atoms with E-state index in [0.29, 0.717) is 0 Å². The van der Waals surface area contributed by atoms with Crippen molar-refractivity contribution in [2.24, 2.45) is 7.05 Å². The van der Waals surface area contributed by atoms with E-state index in [9.17, 15) is 4.79 Å². The highest BCUT2D eigenvalue weighted by atomic mass is 16.4. The molecule has 2 aromatic heterocycles. The molecule has 0 saturated carbocycles. The highest BCUT2D eigenvalue weighted by Crippen LogP contribution is 2.15. The van der Waals surface area contributed by atoms with Gasteiger partial charge in [0.15, 0.2) is 0 Å². The van der Waals surface area contributed by atoms with Gasteiger partial charge < -0.3 is 9.67 Å². The van der Waals surface area contributed by atoms with Crippen molar-refractivity contribution in [1.29, 1.82) is 0 Å². The van der Waals surface area contributed by atoms with Crippen molar-refractivity contribution in [1.82, 2.24) is 19.5 Å². The molecular weight excluding hydrogens is 196 g/mol. The highest BCUT2D eigenvalue weighted by molar-refractivity contribution is 5.83. The summed E-state index contributed by atoms with van der Waals surface area (Å²) >= 11 is 0. The number of imidazole rings is 1. The number of carboxylic acid groups (broad SMARTS) is 1. The minimum atomic E-state index is -1.13. The van der Waals surface area contributed by atoms with Crippen LogP contribution in [0, 0.1) is 0 Å². The Morgan fingerprint density at radius 2 is 2.00 bits per heavy atom. The van der Waals surface area contributed by atoms with E-state index in [0.717, 1.165) is 11.3 Å². The van der Waals surface area contributed by atoms with Gasteiger partial charge in [0, 0.05) is 25.0 Å². The lowest BCUT2D eigenvalue weighted by atomic mass is 10.2. The largest absolute Gasteiger partial charge is 0.475 e. The molecule has 2 aromatic rings. The van der Waals surface area contributed by atoms with Gasteiger partial charge in [0.1, 0.15) is 0 Å². The summed E-state index contributed by atoms with van der Waals surface area (Å²) in [5, 5.41) is 8.62. The number of carbonyl (C=O) groups is 1. The van der Waals surface area contributed by atoms with Gasteiger partial charge in [0.2, 0.25) is 5.82 Å². The van der Waals surface area contributed by atoms with E-state index < -0.39 is 5.97 Å². The van der Waals surface area contributed by atoms with Gasteiger partial charge >= 0.3 is 5.97 Å². The van der Waals surface area contributed by atoms with E-state index in [1.165, 1.54) is 12.4 Å². The highest BCUT2D eigenvalue weighted by Gasteiger charge is 2.07. The van der Waals surface area contributed by atoms with Crippen LogP contribution >= 0.6 is 0 Å². The topological polar surface area (TPSA) is 80.9 Å². The van der Waals surface area contributed by atoms with Crippen molar-refractivity contribution in [3.63, 3.8) is 0 Å². The quantitative estimate of drug-likeness (QED) is 0.773. The second kappa shape index (κ2) is 3.49. The van der Waals surface area contributed by atoms with E-state index in [4.69, 9.17) is 5.11 Å². The molecule has 15 heavy (non-hydrogen) atoms. The molecule has 0 bridgehead atoms. The van der Waals surface area contributed by atoms with Crippen molar-refractivity contribution in [3.05, 3.63) is 30.7 Å². The Balaban J connectivity index is 2.40. The van der Waals surface area contributed by atoms with E-state index in [1.807, 2.05) is 7.05 Å². The Kier molecular flexibility index (Phi) is 2.17. The molecule has 2 heterocycles. The first-order chi connectivity index (χ1) is 7.18. The van der Waals surface area contributed by atoms with Crippen LogP contribution in [0.4, 0.5) is 0 Å². The summed E-state index contributed by atoms with van der Waals surface area (Å²) in [6, 6.07) is 0. The minimum Gasteiger partial charge on any atom is -0.475 e. The molecule has 0 atom stereocenters. The van der Waals surface area contributed by atoms with Crippen molar-refractivity contribution in [2.45, 2.75) is 0 Å². The van der Waals surface area contributed by atoms with Gasteiger partial charge in [0.05, 0.1) is 18.2 Å². The summed E-state index contributed by atoms with van der Waals surface area (Å²) in [6.07, 6.45) is 6.25. The summed E-state index contributed by atoms with van der Waals surface area (Å²) in [7, 11) is 1.84. The number of aromatic nitrogens is 4. The Labute approximate surface area is 85.3 Å². The predicted octanol–water partition coefficient (Wildman–Crippen LogP) is 0.575. The number of nitrogens with zero attached hydrogens (tertiary/aromatic N) is 4. The molecule has 76 valence electrons. The third-order valence-corrected chi connectivity index (χ3v) is 1.96. The van der Waals surface area contributed by atoms with Gasteiger partial charge in [-0.1, -0.05) is 0 Å². The Morgan fingerprint density at radius 3 is 2.47 bits per heavy atom. The molecule has 0 fully saturated rings. The Bertz CT molecular complexity index is 489. The van der Waals surface area contributed by atoms with Crippen molar-refractivity contribution < 1.29 is 9.90 Å². The zero-order valence-electron chi connectivity index (χ0n) is 7.95. The van der Waals surface area contributed by atoms with Gasteiger partial charge in [-0.25, -0.2) is 19.7 Å². The minimum absolute atomic E-state index is 0.207. The molecule has 6 heteroatoms. The zero-order valence-corrected chi connectivity index (χ0v) is 7.95. The monoisotopic (exact) mass is 204 g/mol. The fraction of sp³-hybridized carbons (Fsp3) is 0.111. The summed E-state index contributed by atoms with van der Waals surface area (Å²) in [5.74, 6) is -1.34. The zero-order chi connectivity index (χ0) is 10.8. The van der Waals surface area contributed by atoms with Crippen LogP contribution in [0.1, 0.15) is 10.6 Å². The van der Waals surface area contributed by atoms with Crippen molar-refractivity contribution in [2.75, 3.05) is 0 Å².